The van der Waals surface area contributed by atoms with Crippen LogP contribution in [-0.2, 0) is 0 Å². The summed E-state index contributed by atoms with van der Waals surface area (Å²) in [6.45, 7) is 5.91. The van der Waals surface area contributed by atoms with E-state index in [0.29, 0.717) is 11.7 Å². The Morgan fingerprint density at radius 3 is 2.79 bits per heavy atom. The van der Waals surface area contributed by atoms with Crippen LogP contribution in [0, 0.1) is 6.92 Å². The highest BCUT2D eigenvalue weighted by atomic mass is 16.5. The SMILES string of the molecule is Cc1cccc(-c2noc(-c3ccnc(N4CCNCC4)c3)n2)c1. The van der Waals surface area contributed by atoms with E-state index in [1.165, 1.54) is 5.56 Å². The monoisotopic (exact) mass is 321 g/mol. The molecular formula is C18H19N5O. The fourth-order valence-electron chi connectivity index (χ4n) is 2.86. The van der Waals surface area contributed by atoms with Crippen molar-refractivity contribution >= 4 is 5.82 Å². The van der Waals surface area contributed by atoms with E-state index in [4.69, 9.17) is 4.52 Å². The second-order valence-corrected chi connectivity index (χ2v) is 5.93. The number of benzene rings is 1. The number of nitrogens with zero attached hydrogens (tertiary/aromatic N) is 4. The van der Waals surface area contributed by atoms with Gasteiger partial charge in [-0.3, -0.25) is 0 Å². The van der Waals surface area contributed by atoms with Gasteiger partial charge in [-0.15, -0.1) is 0 Å². The molecule has 6 nitrogen and oxygen atoms in total. The van der Waals surface area contributed by atoms with Gasteiger partial charge in [-0.2, -0.15) is 4.98 Å². The van der Waals surface area contributed by atoms with Gasteiger partial charge in [0.15, 0.2) is 0 Å². The number of hydrogen-bond donors (Lipinski definition) is 1. The summed E-state index contributed by atoms with van der Waals surface area (Å²) in [5, 5.41) is 7.46. The molecule has 0 saturated carbocycles. The Morgan fingerprint density at radius 2 is 1.96 bits per heavy atom. The first-order valence-corrected chi connectivity index (χ1v) is 8.12. The molecule has 1 fully saturated rings. The van der Waals surface area contributed by atoms with Crippen LogP contribution >= 0.6 is 0 Å². The predicted octanol–water partition coefficient (Wildman–Crippen LogP) is 2.52. The van der Waals surface area contributed by atoms with E-state index in [1.807, 2.05) is 43.3 Å². The second-order valence-electron chi connectivity index (χ2n) is 5.93. The van der Waals surface area contributed by atoms with E-state index in [9.17, 15) is 0 Å². The van der Waals surface area contributed by atoms with E-state index >= 15 is 0 Å². The first kappa shape index (κ1) is 14.8. The maximum Gasteiger partial charge on any atom is 0.258 e. The van der Waals surface area contributed by atoms with Gasteiger partial charge in [-0.25, -0.2) is 4.98 Å². The summed E-state index contributed by atoms with van der Waals surface area (Å²) < 4.78 is 5.47. The lowest BCUT2D eigenvalue weighted by Gasteiger charge is -2.28. The third kappa shape index (κ3) is 3.00. The molecule has 3 aromatic rings. The van der Waals surface area contributed by atoms with Gasteiger partial charge in [0, 0.05) is 43.5 Å². The first-order valence-electron chi connectivity index (χ1n) is 8.12. The van der Waals surface area contributed by atoms with Crippen LogP contribution in [-0.4, -0.2) is 41.3 Å². The Morgan fingerprint density at radius 1 is 1.08 bits per heavy atom. The molecule has 1 saturated heterocycles. The Labute approximate surface area is 140 Å². The van der Waals surface area contributed by atoms with Crippen LogP contribution in [0.4, 0.5) is 5.82 Å². The standard InChI is InChI=1S/C18H19N5O/c1-13-3-2-4-14(11-13)17-21-18(24-22-17)15-5-6-20-16(12-15)23-9-7-19-8-10-23/h2-6,11-12,19H,7-10H2,1H3. The quantitative estimate of drug-likeness (QED) is 0.799. The molecular weight excluding hydrogens is 302 g/mol. The van der Waals surface area contributed by atoms with Crippen molar-refractivity contribution in [2.45, 2.75) is 6.92 Å². The number of aryl methyl sites for hydroxylation is 1. The van der Waals surface area contributed by atoms with E-state index in [-0.39, 0.29) is 0 Å². The van der Waals surface area contributed by atoms with Crippen molar-refractivity contribution < 1.29 is 4.52 Å². The maximum absolute atomic E-state index is 5.47. The Hall–Kier alpha value is -2.73. The number of hydrogen-bond acceptors (Lipinski definition) is 6. The Bertz CT molecular complexity index is 839. The van der Waals surface area contributed by atoms with Crippen LogP contribution in [0.2, 0.25) is 0 Å². The van der Waals surface area contributed by atoms with Crippen LogP contribution in [0.15, 0.2) is 47.1 Å². The van der Waals surface area contributed by atoms with Crippen LogP contribution in [0.25, 0.3) is 22.8 Å². The fraction of sp³-hybridized carbons (Fsp3) is 0.278. The molecule has 0 amide bonds. The summed E-state index contributed by atoms with van der Waals surface area (Å²) in [6.07, 6.45) is 1.79. The first-order chi connectivity index (χ1) is 11.8. The molecule has 24 heavy (non-hydrogen) atoms. The zero-order chi connectivity index (χ0) is 16.4. The normalized spacial score (nSPS) is 14.8. The highest BCUT2D eigenvalue weighted by Crippen LogP contribution is 2.25. The van der Waals surface area contributed by atoms with Crippen LogP contribution in [0.1, 0.15) is 5.56 Å². The van der Waals surface area contributed by atoms with Crippen molar-refractivity contribution in [3.8, 4) is 22.8 Å². The smallest absolute Gasteiger partial charge is 0.258 e. The van der Waals surface area contributed by atoms with Crippen molar-refractivity contribution in [2.75, 3.05) is 31.1 Å². The summed E-state index contributed by atoms with van der Waals surface area (Å²) >= 11 is 0. The van der Waals surface area contributed by atoms with Gasteiger partial charge in [0.05, 0.1) is 0 Å². The van der Waals surface area contributed by atoms with Crippen molar-refractivity contribution in [3.05, 3.63) is 48.2 Å². The zero-order valence-electron chi connectivity index (χ0n) is 13.6. The number of piperazine rings is 1. The molecule has 4 rings (SSSR count). The highest BCUT2D eigenvalue weighted by Gasteiger charge is 2.15. The average Bonchev–Trinajstić information content (AvgIpc) is 3.13. The minimum Gasteiger partial charge on any atom is -0.354 e. The summed E-state index contributed by atoms with van der Waals surface area (Å²) in [4.78, 5) is 11.3. The van der Waals surface area contributed by atoms with Gasteiger partial charge < -0.3 is 14.7 Å². The van der Waals surface area contributed by atoms with Gasteiger partial charge in [0.1, 0.15) is 5.82 Å². The highest BCUT2D eigenvalue weighted by molar-refractivity contribution is 5.62. The fourth-order valence-corrected chi connectivity index (χ4v) is 2.86. The summed E-state index contributed by atoms with van der Waals surface area (Å²) in [6, 6.07) is 12.0. The molecule has 0 spiro atoms. The molecule has 0 atom stereocenters. The minimum absolute atomic E-state index is 0.519. The van der Waals surface area contributed by atoms with E-state index in [1.54, 1.807) is 6.20 Å². The van der Waals surface area contributed by atoms with E-state index in [2.05, 4.69) is 25.3 Å². The second kappa shape index (κ2) is 6.41. The van der Waals surface area contributed by atoms with Crippen LogP contribution < -0.4 is 10.2 Å². The van der Waals surface area contributed by atoms with Gasteiger partial charge >= 0.3 is 0 Å². The molecule has 1 aliphatic heterocycles. The molecule has 0 radical (unpaired) electrons. The van der Waals surface area contributed by atoms with Gasteiger partial charge in [-0.05, 0) is 25.1 Å². The molecule has 3 heterocycles. The topological polar surface area (TPSA) is 67.1 Å². The largest absolute Gasteiger partial charge is 0.354 e. The van der Waals surface area contributed by atoms with Crippen molar-refractivity contribution in [3.63, 3.8) is 0 Å². The van der Waals surface area contributed by atoms with E-state index in [0.717, 1.165) is 43.1 Å². The van der Waals surface area contributed by atoms with Crippen molar-refractivity contribution in [1.29, 1.82) is 0 Å². The molecule has 122 valence electrons. The summed E-state index contributed by atoms with van der Waals surface area (Å²) in [5.74, 6) is 2.07. The molecule has 0 aliphatic carbocycles. The predicted molar refractivity (Wildman–Crippen MR) is 92.8 cm³/mol. The average molecular weight is 321 g/mol. The molecule has 6 heteroatoms. The minimum atomic E-state index is 0.519. The molecule has 0 bridgehead atoms. The number of nitrogens with one attached hydrogen (secondary N) is 1. The number of anilines is 1. The lowest BCUT2D eigenvalue weighted by Crippen LogP contribution is -2.43. The number of rotatable bonds is 3. The Balaban J connectivity index is 1.62. The lowest BCUT2D eigenvalue weighted by molar-refractivity contribution is 0.432. The van der Waals surface area contributed by atoms with Crippen LogP contribution in [0.5, 0.6) is 0 Å². The van der Waals surface area contributed by atoms with Gasteiger partial charge in [0.2, 0.25) is 5.82 Å². The van der Waals surface area contributed by atoms with Crippen LogP contribution in [0.3, 0.4) is 0 Å². The molecule has 1 aliphatic rings. The molecule has 2 aromatic heterocycles. The lowest BCUT2D eigenvalue weighted by atomic mass is 10.1. The molecule has 1 aromatic carbocycles. The van der Waals surface area contributed by atoms with Gasteiger partial charge in [-0.1, -0.05) is 28.9 Å². The van der Waals surface area contributed by atoms with Crippen molar-refractivity contribution in [1.82, 2.24) is 20.4 Å². The summed E-state index contributed by atoms with van der Waals surface area (Å²) in [5.41, 5.74) is 3.02. The maximum atomic E-state index is 5.47. The molecule has 0 unspecified atom stereocenters. The zero-order valence-corrected chi connectivity index (χ0v) is 13.6. The summed E-state index contributed by atoms with van der Waals surface area (Å²) in [7, 11) is 0. The Kier molecular flexibility index (Phi) is 3.96. The third-order valence-corrected chi connectivity index (χ3v) is 4.14. The third-order valence-electron chi connectivity index (χ3n) is 4.14. The number of aromatic nitrogens is 3. The van der Waals surface area contributed by atoms with E-state index < -0.39 is 0 Å². The number of pyridine rings is 1. The molecule has 1 N–H and O–H groups in total. The van der Waals surface area contributed by atoms with Gasteiger partial charge in [0.25, 0.3) is 5.89 Å². The van der Waals surface area contributed by atoms with Crippen molar-refractivity contribution in [2.24, 2.45) is 0 Å².